The molecule has 1 aromatic rings. The lowest BCUT2D eigenvalue weighted by molar-refractivity contribution is -0.131. The van der Waals surface area contributed by atoms with Crippen molar-refractivity contribution in [3.05, 3.63) is 71.6 Å². The van der Waals surface area contributed by atoms with E-state index in [1.165, 1.54) is 0 Å². The van der Waals surface area contributed by atoms with Gasteiger partial charge in [-0.05, 0) is 51.1 Å². The Balaban J connectivity index is 1.48. The standard InChI is InChI=1S/C25H31N5O4/c1-25(2,3)34-24(33)28-20-9-10-21(26)19(15-20)16-27-17-22(31)29-11-13-30(14-12-29)23(32)18-7-5-4-6-8-18/h4-10,15-16,26-27H,11-14,17H2,1-3H3,(H,28,33)/b19-16-,26-21?. The highest BCUT2D eigenvalue weighted by atomic mass is 16.6. The molecule has 1 aliphatic heterocycles. The fourth-order valence-corrected chi connectivity index (χ4v) is 3.46. The molecule has 3 amide bonds. The number of piperazine rings is 1. The number of nitrogens with zero attached hydrogens (tertiary/aromatic N) is 2. The third-order valence-corrected chi connectivity index (χ3v) is 5.15. The average Bonchev–Trinajstić information content (AvgIpc) is 2.80. The van der Waals surface area contributed by atoms with Crippen molar-refractivity contribution in [2.45, 2.75) is 26.4 Å². The number of hydrogen-bond acceptors (Lipinski definition) is 6. The third kappa shape index (κ3) is 7.06. The van der Waals surface area contributed by atoms with Crippen molar-refractivity contribution in [1.29, 1.82) is 5.41 Å². The molecule has 3 rings (SSSR count). The summed E-state index contributed by atoms with van der Waals surface area (Å²) in [6.45, 7) is 7.31. The molecule has 1 saturated heterocycles. The molecule has 0 unspecified atom stereocenters. The molecule has 9 nitrogen and oxygen atoms in total. The Kier molecular flexibility index (Phi) is 7.88. The van der Waals surface area contributed by atoms with E-state index in [-0.39, 0.29) is 24.1 Å². The van der Waals surface area contributed by atoms with E-state index in [2.05, 4.69) is 10.6 Å². The number of rotatable bonds is 5. The van der Waals surface area contributed by atoms with E-state index in [0.717, 1.165) is 0 Å². The molecule has 34 heavy (non-hydrogen) atoms. The zero-order valence-corrected chi connectivity index (χ0v) is 19.8. The van der Waals surface area contributed by atoms with Gasteiger partial charge in [0.1, 0.15) is 5.60 Å². The van der Waals surface area contributed by atoms with Crippen molar-refractivity contribution < 1.29 is 19.1 Å². The summed E-state index contributed by atoms with van der Waals surface area (Å²) in [6.07, 6.45) is 5.81. The summed E-state index contributed by atoms with van der Waals surface area (Å²) >= 11 is 0. The minimum Gasteiger partial charge on any atom is -0.444 e. The van der Waals surface area contributed by atoms with E-state index >= 15 is 0 Å². The van der Waals surface area contributed by atoms with Gasteiger partial charge in [0.25, 0.3) is 5.91 Å². The second kappa shape index (κ2) is 10.8. The molecule has 0 radical (unpaired) electrons. The Morgan fingerprint density at radius 2 is 1.68 bits per heavy atom. The molecule has 3 N–H and O–H groups in total. The Morgan fingerprint density at radius 3 is 2.32 bits per heavy atom. The quantitative estimate of drug-likeness (QED) is 0.618. The first kappa shape index (κ1) is 24.8. The van der Waals surface area contributed by atoms with Gasteiger partial charge in [0, 0.05) is 49.2 Å². The minimum atomic E-state index is -0.614. The van der Waals surface area contributed by atoms with Crippen LogP contribution in [0.5, 0.6) is 0 Å². The number of carbonyl (C=O) groups excluding carboxylic acids is 3. The number of amides is 3. The normalized spacial score (nSPS) is 17.3. The second-order valence-electron chi connectivity index (χ2n) is 8.99. The molecule has 0 atom stereocenters. The lowest BCUT2D eigenvalue weighted by Gasteiger charge is -2.34. The Hall–Kier alpha value is -3.88. The van der Waals surface area contributed by atoms with Crippen LogP contribution < -0.4 is 10.6 Å². The van der Waals surface area contributed by atoms with Crippen LogP contribution in [0.25, 0.3) is 0 Å². The molecule has 2 aliphatic rings. The Morgan fingerprint density at radius 1 is 1.03 bits per heavy atom. The van der Waals surface area contributed by atoms with Gasteiger partial charge in [-0.25, -0.2) is 4.79 Å². The van der Waals surface area contributed by atoms with Crippen LogP contribution in [0.2, 0.25) is 0 Å². The van der Waals surface area contributed by atoms with Crippen molar-refractivity contribution in [2.24, 2.45) is 0 Å². The second-order valence-corrected chi connectivity index (χ2v) is 8.99. The van der Waals surface area contributed by atoms with Gasteiger partial charge in [0.15, 0.2) is 0 Å². The summed E-state index contributed by atoms with van der Waals surface area (Å²) < 4.78 is 5.24. The number of hydrogen-bond donors (Lipinski definition) is 3. The van der Waals surface area contributed by atoms with E-state index in [1.54, 1.807) is 67.1 Å². The van der Waals surface area contributed by atoms with E-state index in [4.69, 9.17) is 10.1 Å². The van der Waals surface area contributed by atoms with Crippen LogP contribution >= 0.6 is 0 Å². The van der Waals surface area contributed by atoms with E-state index in [1.807, 2.05) is 18.2 Å². The molecule has 1 aromatic carbocycles. The fraction of sp³-hybridized carbons (Fsp3) is 0.360. The lowest BCUT2D eigenvalue weighted by Crippen LogP contribution is -2.52. The molecule has 1 fully saturated rings. The van der Waals surface area contributed by atoms with Crippen LogP contribution in [0, 0.1) is 5.41 Å². The predicted octanol–water partition coefficient (Wildman–Crippen LogP) is 2.44. The highest BCUT2D eigenvalue weighted by Gasteiger charge is 2.24. The molecule has 180 valence electrons. The van der Waals surface area contributed by atoms with Crippen molar-refractivity contribution in [3.8, 4) is 0 Å². The maximum atomic E-state index is 12.6. The predicted molar refractivity (Wildman–Crippen MR) is 129 cm³/mol. The summed E-state index contributed by atoms with van der Waals surface area (Å²) in [5, 5.41) is 13.7. The Bertz CT molecular complexity index is 1030. The number of nitrogens with one attached hydrogen (secondary N) is 3. The zero-order valence-electron chi connectivity index (χ0n) is 19.8. The molecule has 0 spiro atoms. The maximum Gasteiger partial charge on any atom is 0.412 e. The molecular formula is C25H31N5O4. The van der Waals surface area contributed by atoms with Crippen molar-refractivity contribution in [1.82, 2.24) is 20.4 Å². The molecule has 0 aromatic heterocycles. The number of benzene rings is 1. The molecule has 0 bridgehead atoms. The van der Waals surface area contributed by atoms with Gasteiger partial charge in [0.2, 0.25) is 5.91 Å². The zero-order chi connectivity index (χ0) is 24.7. The highest BCUT2D eigenvalue weighted by molar-refractivity contribution is 6.09. The van der Waals surface area contributed by atoms with Gasteiger partial charge in [-0.3, -0.25) is 14.9 Å². The number of ether oxygens (including phenoxy) is 1. The Labute approximate surface area is 199 Å². The monoisotopic (exact) mass is 465 g/mol. The van der Waals surface area contributed by atoms with Gasteiger partial charge in [0.05, 0.1) is 12.3 Å². The molecule has 1 aliphatic carbocycles. The number of carbonyl (C=O) groups is 3. The van der Waals surface area contributed by atoms with Gasteiger partial charge in [-0.1, -0.05) is 18.2 Å². The van der Waals surface area contributed by atoms with Crippen LogP contribution in [-0.4, -0.2) is 71.7 Å². The largest absolute Gasteiger partial charge is 0.444 e. The van der Waals surface area contributed by atoms with E-state index < -0.39 is 11.7 Å². The lowest BCUT2D eigenvalue weighted by atomic mass is 10.0. The summed E-state index contributed by atoms with van der Waals surface area (Å²) in [4.78, 5) is 40.6. The molecule has 0 saturated carbocycles. The number of allylic oxidation sites excluding steroid dienone is 4. The van der Waals surface area contributed by atoms with Crippen molar-refractivity contribution in [2.75, 3.05) is 32.7 Å². The van der Waals surface area contributed by atoms with Crippen LogP contribution in [0.15, 0.2) is 66.0 Å². The first-order valence-electron chi connectivity index (χ1n) is 11.2. The smallest absolute Gasteiger partial charge is 0.412 e. The molecular weight excluding hydrogens is 434 g/mol. The summed E-state index contributed by atoms with van der Waals surface area (Å²) in [5.41, 5.74) is 1.30. The van der Waals surface area contributed by atoms with Gasteiger partial charge in [-0.15, -0.1) is 0 Å². The topological polar surface area (TPSA) is 115 Å². The maximum absolute atomic E-state index is 12.6. The van der Waals surface area contributed by atoms with Crippen molar-refractivity contribution in [3.63, 3.8) is 0 Å². The first-order valence-corrected chi connectivity index (χ1v) is 11.2. The van der Waals surface area contributed by atoms with Crippen LogP contribution in [0.4, 0.5) is 4.79 Å². The van der Waals surface area contributed by atoms with Crippen LogP contribution in [-0.2, 0) is 9.53 Å². The third-order valence-electron chi connectivity index (χ3n) is 5.15. The number of alkyl carbamates (subject to hydrolysis) is 1. The van der Waals surface area contributed by atoms with Crippen molar-refractivity contribution >= 4 is 23.6 Å². The summed E-state index contributed by atoms with van der Waals surface area (Å²) in [7, 11) is 0. The molecule has 1 heterocycles. The summed E-state index contributed by atoms with van der Waals surface area (Å²) in [5.74, 6) is -0.111. The SMILES string of the molecule is CC(C)(C)OC(=O)NC1=C/C(=C/NCC(=O)N2CCN(C(=O)c3ccccc3)CC2)C(=N)C=C1. The minimum absolute atomic E-state index is 0.0259. The van der Waals surface area contributed by atoms with E-state index in [0.29, 0.717) is 43.0 Å². The van der Waals surface area contributed by atoms with Crippen LogP contribution in [0.1, 0.15) is 31.1 Å². The highest BCUT2D eigenvalue weighted by Crippen LogP contribution is 2.13. The van der Waals surface area contributed by atoms with Gasteiger partial charge < -0.3 is 25.3 Å². The van der Waals surface area contributed by atoms with E-state index in [9.17, 15) is 14.4 Å². The fourth-order valence-electron chi connectivity index (χ4n) is 3.46. The first-order chi connectivity index (χ1) is 16.1. The summed E-state index contributed by atoms with van der Waals surface area (Å²) in [6, 6.07) is 9.12. The van der Waals surface area contributed by atoms with Gasteiger partial charge in [-0.2, -0.15) is 0 Å². The average molecular weight is 466 g/mol. The molecule has 9 heteroatoms. The van der Waals surface area contributed by atoms with Crippen LogP contribution in [0.3, 0.4) is 0 Å². The van der Waals surface area contributed by atoms with Gasteiger partial charge >= 0.3 is 6.09 Å².